The van der Waals surface area contributed by atoms with Gasteiger partial charge in [-0.1, -0.05) is 18.2 Å². The molecule has 0 aliphatic carbocycles. The highest BCUT2D eigenvalue weighted by molar-refractivity contribution is 14.0. The van der Waals surface area contributed by atoms with Crippen LogP contribution in [-0.4, -0.2) is 43.5 Å². The van der Waals surface area contributed by atoms with E-state index in [9.17, 15) is 8.42 Å². The second kappa shape index (κ2) is 10.4. The summed E-state index contributed by atoms with van der Waals surface area (Å²) in [6, 6.07) is 10.4. The molecule has 0 aliphatic heterocycles. The predicted molar refractivity (Wildman–Crippen MR) is 110 cm³/mol. The molecule has 1 aromatic carbocycles. The van der Waals surface area contributed by atoms with Gasteiger partial charge in [0, 0.05) is 26.8 Å². The average Bonchev–Trinajstić information content (AvgIpc) is 3.00. The van der Waals surface area contributed by atoms with Crippen molar-refractivity contribution in [1.29, 1.82) is 0 Å². The van der Waals surface area contributed by atoms with Crippen LogP contribution in [0.25, 0.3) is 0 Å². The third-order valence-electron chi connectivity index (χ3n) is 3.57. The lowest BCUT2D eigenvalue weighted by Gasteiger charge is -2.12. The first-order valence-electron chi connectivity index (χ1n) is 7.72. The van der Waals surface area contributed by atoms with E-state index in [1.54, 1.807) is 48.3 Å². The Kier molecular flexibility index (Phi) is 8.90. The SMILES string of the molecule is CN=C(NCCCS(=O)(=O)c1ccccc1)NCc1ccnn1C.I. The number of nitrogens with zero attached hydrogens (tertiary/aromatic N) is 3. The minimum absolute atomic E-state index is 0. The number of benzene rings is 1. The van der Waals surface area contributed by atoms with Crippen LogP contribution in [0.2, 0.25) is 0 Å². The molecule has 1 heterocycles. The zero-order chi connectivity index (χ0) is 17.4. The third kappa shape index (κ3) is 6.65. The molecule has 25 heavy (non-hydrogen) atoms. The van der Waals surface area contributed by atoms with Crippen molar-refractivity contribution in [3.63, 3.8) is 0 Å². The molecular formula is C16H24IN5O2S. The molecule has 0 aliphatic rings. The lowest BCUT2D eigenvalue weighted by molar-refractivity contribution is 0.592. The van der Waals surface area contributed by atoms with Crippen molar-refractivity contribution in [2.24, 2.45) is 12.0 Å². The molecule has 0 saturated heterocycles. The van der Waals surface area contributed by atoms with Crippen molar-refractivity contribution in [2.45, 2.75) is 17.9 Å². The number of aryl methyl sites for hydroxylation is 1. The maximum Gasteiger partial charge on any atom is 0.191 e. The molecule has 9 heteroatoms. The molecule has 0 fully saturated rings. The molecule has 0 amide bonds. The van der Waals surface area contributed by atoms with Crippen LogP contribution in [0.4, 0.5) is 0 Å². The number of hydrogen-bond acceptors (Lipinski definition) is 4. The Morgan fingerprint density at radius 1 is 1.20 bits per heavy atom. The fourth-order valence-electron chi connectivity index (χ4n) is 2.18. The number of hydrogen-bond donors (Lipinski definition) is 2. The predicted octanol–water partition coefficient (Wildman–Crippen LogP) is 1.57. The lowest BCUT2D eigenvalue weighted by atomic mass is 10.4. The topological polar surface area (TPSA) is 88.4 Å². The van der Waals surface area contributed by atoms with Gasteiger partial charge in [-0.3, -0.25) is 9.67 Å². The van der Waals surface area contributed by atoms with Gasteiger partial charge in [0.2, 0.25) is 0 Å². The second-order valence-electron chi connectivity index (χ2n) is 5.28. The molecule has 0 saturated carbocycles. The van der Waals surface area contributed by atoms with Crippen LogP contribution < -0.4 is 10.6 Å². The molecule has 0 bridgehead atoms. The van der Waals surface area contributed by atoms with E-state index in [4.69, 9.17) is 0 Å². The van der Waals surface area contributed by atoms with Crippen LogP contribution in [0.3, 0.4) is 0 Å². The number of aromatic nitrogens is 2. The molecule has 0 atom stereocenters. The Hall–Kier alpha value is -1.62. The molecule has 2 N–H and O–H groups in total. The van der Waals surface area contributed by atoms with Crippen LogP contribution in [0.15, 0.2) is 52.5 Å². The largest absolute Gasteiger partial charge is 0.356 e. The van der Waals surface area contributed by atoms with Crippen molar-refractivity contribution in [1.82, 2.24) is 20.4 Å². The van der Waals surface area contributed by atoms with Crippen molar-refractivity contribution in [3.05, 3.63) is 48.3 Å². The first kappa shape index (κ1) is 21.4. The van der Waals surface area contributed by atoms with Gasteiger partial charge in [0.25, 0.3) is 0 Å². The van der Waals surface area contributed by atoms with Gasteiger partial charge in [0.15, 0.2) is 15.8 Å². The monoisotopic (exact) mass is 477 g/mol. The molecule has 138 valence electrons. The van der Waals surface area contributed by atoms with Crippen LogP contribution in [0, 0.1) is 0 Å². The summed E-state index contributed by atoms with van der Waals surface area (Å²) in [5.74, 6) is 0.733. The minimum Gasteiger partial charge on any atom is -0.356 e. The van der Waals surface area contributed by atoms with E-state index in [-0.39, 0.29) is 29.7 Å². The Bertz CT molecular complexity index is 775. The third-order valence-corrected chi connectivity index (χ3v) is 5.38. The Morgan fingerprint density at radius 3 is 2.52 bits per heavy atom. The van der Waals surface area contributed by atoms with Crippen molar-refractivity contribution < 1.29 is 8.42 Å². The van der Waals surface area contributed by atoms with Gasteiger partial charge >= 0.3 is 0 Å². The summed E-state index contributed by atoms with van der Waals surface area (Å²) in [6.07, 6.45) is 2.24. The quantitative estimate of drug-likeness (QED) is 0.274. The zero-order valence-electron chi connectivity index (χ0n) is 14.3. The number of rotatable bonds is 7. The number of sulfone groups is 1. The first-order valence-corrected chi connectivity index (χ1v) is 9.37. The standard InChI is InChI=1S/C16H23N5O2S.HI/c1-17-16(19-13-14-9-11-20-21(14)2)18-10-6-12-24(22,23)15-7-4-3-5-8-15;/h3-5,7-9,11H,6,10,12-13H2,1-2H3,(H2,17,18,19);1H. The number of nitrogens with one attached hydrogen (secondary N) is 2. The molecule has 2 rings (SSSR count). The first-order chi connectivity index (χ1) is 11.5. The summed E-state index contributed by atoms with van der Waals surface area (Å²) < 4.78 is 26.1. The zero-order valence-corrected chi connectivity index (χ0v) is 17.5. The molecule has 2 aromatic rings. The van der Waals surface area contributed by atoms with E-state index in [1.165, 1.54) is 0 Å². The summed E-state index contributed by atoms with van der Waals surface area (Å²) in [5.41, 5.74) is 1.03. The summed E-state index contributed by atoms with van der Waals surface area (Å²) >= 11 is 0. The van der Waals surface area contributed by atoms with Crippen molar-refractivity contribution in [3.8, 4) is 0 Å². The summed E-state index contributed by atoms with van der Waals surface area (Å²) in [6.45, 7) is 1.12. The van der Waals surface area contributed by atoms with Crippen molar-refractivity contribution in [2.75, 3.05) is 19.3 Å². The molecule has 0 spiro atoms. The summed E-state index contributed by atoms with van der Waals surface area (Å²) in [4.78, 5) is 4.49. The highest BCUT2D eigenvalue weighted by Gasteiger charge is 2.13. The van der Waals surface area contributed by atoms with E-state index in [1.807, 2.05) is 13.1 Å². The van der Waals surface area contributed by atoms with Gasteiger partial charge in [-0.05, 0) is 24.6 Å². The molecule has 1 aromatic heterocycles. The van der Waals surface area contributed by atoms with E-state index in [2.05, 4.69) is 20.7 Å². The molecule has 0 radical (unpaired) electrons. The van der Waals surface area contributed by atoms with E-state index in [0.717, 1.165) is 5.69 Å². The number of aliphatic imine (C=N–C) groups is 1. The maximum atomic E-state index is 12.2. The van der Waals surface area contributed by atoms with Gasteiger partial charge in [-0.25, -0.2) is 8.42 Å². The summed E-state index contributed by atoms with van der Waals surface area (Å²) in [5, 5.41) is 10.4. The minimum atomic E-state index is -3.23. The second-order valence-corrected chi connectivity index (χ2v) is 7.39. The normalized spacial score (nSPS) is 11.7. The Labute approximate surface area is 165 Å². The molecule has 0 unspecified atom stereocenters. The van der Waals surface area contributed by atoms with Gasteiger partial charge in [0.1, 0.15) is 0 Å². The van der Waals surface area contributed by atoms with Gasteiger partial charge in [-0.15, -0.1) is 24.0 Å². The fourth-order valence-corrected chi connectivity index (χ4v) is 3.52. The van der Waals surface area contributed by atoms with E-state index >= 15 is 0 Å². The van der Waals surface area contributed by atoms with Gasteiger partial charge in [-0.2, -0.15) is 5.10 Å². The van der Waals surface area contributed by atoms with Crippen LogP contribution in [0.1, 0.15) is 12.1 Å². The van der Waals surface area contributed by atoms with Crippen molar-refractivity contribution >= 4 is 39.8 Å². The molecule has 7 nitrogen and oxygen atoms in total. The van der Waals surface area contributed by atoms with E-state index in [0.29, 0.717) is 30.4 Å². The Balaban J connectivity index is 0.00000312. The molecular weight excluding hydrogens is 453 g/mol. The summed E-state index contributed by atoms with van der Waals surface area (Å²) in [7, 11) is 0.326. The fraction of sp³-hybridized carbons (Fsp3) is 0.375. The number of guanidine groups is 1. The van der Waals surface area contributed by atoms with Gasteiger partial charge in [0.05, 0.1) is 22.9 Å². The lowest BCUT2D eigenvalue weighted by Crippen LogP contribution is -2.38. The smallest absolute Gasteiger partial charge is 0.191 e. The van der Waals surface area contributed by atoms with Gasteiger partial charge < -0.3 is 10.6 Å². The Morgan fingerprint density at radius 2 is 1.92 bits per heavy atom. The van der Waals surface area contributed by atoms with Crippen LogP contribution in [-0.2, 0) is 23.4 Å². The average molecular weight is 477 g/mol. The van der Waals surface area contributed by atoms with Crippen LogP contribution >= 0.6 is 24.0 Å². The van der Waals surface area contributed by atoms with E-state index < -0.39 is 9.84 Å². The highest BCUT2D eigenvalue weighted by Crippen LogP contribution is 2.10. The maximum absolute atomic E-state index is 12.2. The highest BCUT2D eigenvalue weighted by atomic mass is 127. The van der Waals surface area contributed by atoms with Crippen LogP contribution in [0.5, 0.6) is 0 Å². The number of halogens is 1.